The van der Waals surface area contributed by atoms with Crippen LogP contribution in [0.5, 0.6) is 0 Å². The molecule has 0 amide bonds. The van der Waals surface area contributed by atoms with Crippen LogP contribution in [0.3, 0.4) is 0 Å². The van der Waals surface area contributed by atoms with Gasteiger partial charge in [-0.05, 0) is 17.7 Å². The minimum atomic E-state index is -1.20. The van der Waals surface area contributed by atoms with Crippen LogP contribution in [0, 0.1) is 5.82 Å². The SMILES string of the molecule is NC(CC(=O)Cc1ccc(F)cc1)C(=O)O. The summed E-state index contributed by atoms with van der Waals surface area (Å²) in [4.78, 5) is 21.8. The molecule has 1 rings (SSSR count). The van der Waals surface area contributed by atoms with Gasteiger partial charge in [0.25, 0.3) is 0 Å². The number of hydrogen-bond donors (Lipinski definition) is 2. The van der Waals surface area contributed by atoms with Crippen LogP contribution in [-0.2, 0) is 16.0 Å². The normalized spacial score (nSPS) is 12.1. The molecule has 3 N–H and O–H groups in total. The Morgan fingerprint density at radius 3 is 2.38 bits per heavy atom. The topological polar surface area (TPSA) is 80.4 Å². The Balaban J connectivity index is 2.52. The molecule has 1 aromatic rings. The molecule has 0 saturated carbocycles. The van der Waals surface area contributed by atoms with E-state index in [1.165, 1.54) is 24.3 Å². The molecule has 16 heavy (non-hydrogen) atoms. The van der Waals surface area contributed by atoms with Gasteiger partial charge in [-0.1, -0.05) is 12.1 Å². The van der Waals surface area contributed by atoms with Gasteiger partial charge in [-0.3, -0.25) is 9.59 Å². The molecule has 0 radical (unpaired) electrons. The van der Waals surface area contributed by atoms with Gasteiger partial charge in [0.05, 0.1) is 0 Å². The lowest BCUT2D eigenvalue weighted by Gasteiger charge is -2.05. The van der Waals surface area contributed by atoms with Crippen LogP contribution in [0.4, 0.5) is 4.39 Å². The Labute approximate surface area is 91.9 Å². The number of Topliss-reactive ketones (excluding diaryl/α,β-unsaturated/α-hetero) is 1. The maximum Gasteiger partial charge on any atom is 0.320 e. The summed E-state index contributed by atoms with van der Waals surface area (Å²) in [5.41, 5.74) is 5.86. The first kappa shape index (κ1) is 12.3. The number of ketones is 1. The predicted molar refractivity (Wildman–Crippen MR) is 55.3 cm³/mol. The number of halogens is 1. The van der Waals surface area contributed by atoms with E-state index >= 15 is 0 Å². The molecular formula is C11H12FNO3. The zero-order valence-corrected chi connectivity index (χ0v) is 8.52. The molecule has 1 aromatic carbocycles. The Morgan fingerprint density at radius 2 is 1.88 bits per heavy atom. The molecular weight excluding hydrogens is 213 g/mol. The second kappa shape index (κ2) is 5.37. The number of carbonyl (C=O) groups excluding carboxylic acids is 1. The lowest BCUT2D eigenvalue weighted by molar-refractivity contribution is -0.140. The van der Waals surface area contributed by atoms with Crippen LogP contribution in [0.1, 0.15) is 12.0 Å². The Bertz CT molecular complexity index is 389. The van der Waals surface area contributed by atoms with E-state index in [2.05, 4.69) is 0 Å². The van der Waals surface area contributed by atoms with Crippen LogP contribution in [0.15, 0.2) is 24.3 Å². The first-order chi connectivity index (χ1) is 7.49. The molecule has 0 heterocycles. The van der Waals surface area contributed by atoms with Crippen molar-refractivity contribution in [2.45, 2.75) is 18.9 Å². The van der Waals surface area contributed by atoms with Gasteiger partial charge in [0.2, 0.25) is 0 Å². The van der Waals surface area contributed by atoms with E-state index in [4.69, 9.17) is 10.8 Å². The average molecular weight is 225 g/mol. The van der Waals surface area contributed by atoms with Gasteiger partial charge in [0, 0.05) is 12.8 Å². The molecule has 0 bridgehead atoms. The van der Waals surface area contributed by atoms with Crippen LogP contribution in [0.2, 0.25) is 0 Å². The summed E-state index contributed by atoms with van der Waals surface area (Å²) in [6, 6.07) is 4.30. The smallest absolute Gasteiger partial charge is 0.320 e. The number of hydrogen-bond acceptors (Lipinski definition) is 3. The molecule has 4 nitrogen and oxygen atoms in total. The summed E-state index contributed by atoms with van der Waals surface area (Å²) in [6.45, 7) is 0. The maximum atomic E-state index is 12.6. The predicted octanol–water partition coefficient (Wildman–Crippen LogP) is 0.739. The van der Waals surface area contributed by atoms with Gasteiger partial charge in [-0.15, -0.1) is 0 Å². The summed E-state index contributed by atoms with van der Waals surface area (Å²) >= 11 is 0. The third-order valence-electron chi connectivity index (χ3n) is 2.08. The van der Waals surface area contributed by atoms with Crippen molar-refractivity contribution >= 4 is 11.8 Å². The van der Waals surface area contributed by atoms with Gasteiger partial charge >= 0.3 is 5.97 Å². The van der Waals surface area contributed by atoms with Crippen LogP contribution < -0.4 is 5.73 Å². The molecule has 0 aliphatic heterocycles. The second-order valence-corrected chi connectivity index (χ2v) is 3.49. The number of carbonyl (C=O) groups is 2. The third-order valence-corrected chi connectivity index (χ3v) is 2.08. The fourth-order valence-electron chi connectivity index (χ4n) is 1.23. The number of rotatable bonds is 5. The number of carboxylic acids is 1. The van der Waals surface area contributed by atoms with Gasteiger partial charge in [0.1, 0.15) is 17.6 Å². The highest BCUT2D eigenvalue weighted by Crippen LogP contribution is 2.05. The second-order valence-electron chi connectivity index (χ2n) is 3.49. The standard InChI is InChI=1S/C11H12FNO3/c12-8-3-1-7(2-4-8)5-9(14)6-10(13)11(15)16/h1-4,10H,5-6,13H2,(H,15,16). The molecule has 0 fully saturated rings. The molecule has 1 unspecified atom stereocenters. The monoisotopic (exact) mass is 225 g/mol. The van der Waals surface area contributed by atoms with E-state index in [1.54, 1.807) is 0 Å². The van der Waals surface area contributed by atoms with Crippen molar-refractivity contribution in [3.05, 3.63) is 35.6 Å². The van der Waals surface area contributed by atoms with E-state index in [9.17, 15) is 14.0 Å². The van der Waals surface area contributed by atoms with Crippen molar-refractivity contribution < 1.29 is 19.1 Å². The molecule has 0 spiro atoms. The fourth-order valence-corrected chi connectivity index (χ4v) is 1.23. The fraction of sp³-hybridized carbons (Fsp3) is 0.273. The Hall–Kier alpha value is -1.75. The highest BCUT2D eigenvalue weighted by Gasteiger charge is 2.16. The van der Waals surface area contributed by atoms with Crippen molar-refractivity contribution in [3.8, 4) is 0 Å². The maximum absolute atomic E-state index is 12.6. The zero-order valence-electron chi connectivity index (χ0n) is 8.52. The summed E-state index contributed by atoms with van der Waals surface area (Å²) in [6.07, 6.45) is -0.145. The molecule has 0 aliphatic carbocycles. The van der Waals surface area contributed by atoms with Crippen molar-refractivity contribution in [2.24, 2.45) is 5.73 Å². The molecule has 0 aromatic heterocycles. The minimum Gasteiger partial charge on any atom is -0.480 e. The van der Waals surface area contributed by atoms with Gasteiger partial charge < -0.3 is 10.8 Å². The largest absolute Gasteiger partial charge is 0.480 e. The molecule has 1 atom stereocenters. The van der Waals surface area contributed by atoms with Crippen LogP contribution in [-0.4, -0.2) is 22.9 Å². The lowest BCUT2D eigenvalue weighted by Crippen LogP contribution is -2.32. The van der Waals surface area contributed by atoms with Crippen molar-refractivity contribution in [1.29, 1.82) is 0 Å². The Kier molecular flexibility index (Phi) is 4.13. The van der Waals surface area contributed by atoms with Gasteiger partial charge in [-0.2, -0.15) is 0 Å². The average Bonchev–Trinajstić information content (AvgIpc) is 2.21. The molecule has 0 aliphatic rings. The van der Waals surface area contributed by atoms with Crippen LogP contribution >= 0.6 is 0 Å². The number of benzene rings is 1. The number of carboxylic acid groups (broad SMARTS) is 1. The quantitative estimate of drug-likeness (QED) is 0.774. The van der Waals surface area contributed by atoms with Gasteiger partial charge in [-0.25, -0.2) is 4.39 Å². The van der Waals surface area contributed by atoms with Crippen molar-refractivity contribution in [3.63, 3.8) is 0 Å². The van der Waals surface area contributed by atoms with Crippen molar-refractivity contribution in [1.82, 2.24) is 0 Å². The Morgan fingerprint density at radius 1 is 1.31 bits per heavy atom. The lowest BCUT2D eigenvalue weighted by atomic mass is 10.0. The molecule has 5 heteroatoms. The molecule has 0 saturated heterocycles. The highest BCUT2D eigenvalue weighted by atomic mass is 19.1. The van der Waals surface area contributed by atoms with E-state index < -0.39 is 12.0 Å². The van der Waals surface area contributed by atoms with Crippen molar-refractivity contribution in [2.75, 3.05) is 0 Å². The zero-order chi connectivity index (χ0) is 12.1. The van der Waals surface area contributed by atoms with E-state index in [-0.39, 0.29) is 24.4 Å². The van der Waals surface area contributed by atoms with Gasteiger partial charge in [0.15, 0.2) is 0 Å². The van der Waals surface area contributed by atoms with E-state index in [0.29, 0.717) is 5.56 Å². The first-order valence-corrected chi connectivity index (χ1v) is 4.73. The summed E-state index contributed by atoms with van der Waals surface area (Å²) in [5.74, 6) is -1.85. The summed E-state index contributed by atoms with van der Waals surface area (Å²) in [7, 11) is 0. The molecule has 86 valence electrons. The minimum absolute atomic E-state index is 0.0707. The third kappa shape index (κ3) is 3.78. The number of nitrogens with two attached hydrogens (primary N) is 1. The summed E-state index contributed by atoms with van der Waals surface area (Å²) < 4.78 is 12.6. The van der Waals surface area contributed by atoms with E-state index in [1.807, 2.05) is 0 Å². The van der Waals surface area contributed by atoms with E-state index in [0.717, 1.165) is 0 Å². The first-order valence-electron chi connectivity index (χ1n) is 4.73. The van der Waals surface area contributed by atoms with Crippen LogP contribution in [0.25, 0.3) is 0 Å². The number of aliphatic carboxylic acids is 1. The summed E-state index contributed by atoms with van der Waals surface area (Å²) in [5, 5.41) is 8.51. The highest BCUT2D eigenvalue weighted by molar-refractivity contribution is 5.86.